The molecule has 0 aliphatic rings. The first kappa shape index (κ1) is 40.6. The lowest BCUT2D eigenvalue weighted by Gasteiger charge is -2.08. The van der Waals surface area contributed by atoms with Crippen molar-refractivity contribution < 1.29 is 39.8 Å². The topological polar surface area (TPSA) is 271 Å². The zero-order chi connectivity index (χ0) is 38.3. The summed E-state index contributed by atoms with van der Waals surface area (Å²) in [7, 11) is 0. The van der Waals surface area contributed by atoms with E-state index in [0.29, 0.717) is 48.7 Å². The third-order valence-electron chi connectivity index (χ3n) is 7.43. The molecule has 0 unspecified atom stereocenters. The van der Waals surface area contributed by atoms with Crippen LogP contribution in [-0.2, 0) is 0 Å². The van der Waals surface area contributed by atoms with E-state index in [1.54, 1.807) is 97.1 Å². The van der Waals surface area contributed by atoms with Gasteiger partial charge in [0.05, 0.1) is 26.4 Å². The maximum atomic E-state index is 8.62. The Kier molecular flexibility index (Phi) is 17.5. The molecule has 53 heavy (non-hydrogen) atoms. The molecule has 0 spiro atoms. The zero-order valence-electron chi connectivity index (χ0n) is 29.1. The average molecular weight is 731 g/mol. The van der Waals surface area contributed by atoms with Crippen LogP contribution in [0.15, 0.2) is 118 Å². The number of hydrogen-bond acceptors (Lipinski definition) is 12. The zero-order valence-corrected chi connectivity index (χ0v) is 29.1. The molecule has 0 bridgehead atoms. The minimum Gasteiger partial charge on any atom is -0.494 e. The molecule has 282 valence electrons. The smallest absolute Gasteiger partial charge is 0.170 e. The van der Waals surface area contributed by atoms with Crippen molar-refractivity contribution in [2.75, 3.05) is 26.4 Å². The second kappa shape index (κ2) is 22.8. The summed E-state index contributed by atoms with van der Waals surface area (Å²) in [6.45, 7) is 2.35. The summed E-state index contributed by atoms with van der Waals surface area (Å²) >= 11 is 0. The van der Waals surface area contributed by atoms with E-state index in [-0.39, 0.29) is 23.3 Å². The molecule has 16 nitrogen and oxygen atoms in total. The van der Waals surface area contributed by atoms with Crippen LogP contribution in [0.2, 0.25) is 0 Å². The van der Waals surface area contributed by atoms with Gasteiger partial charge < -0.3 is 62.7 Å². The van der Waals surface area contributed by atoms with Gasteiger partial charge in [-0.2, -0.15) is 0 Å². The molecular weight excluding hydrogens is 684 g/mol. The van der Waals surface area contributed by atoms with Crippen LogP contribution in [0.25, 0.3) is 0 Å². The van der Waals surface area contributed by atoms with E-state index >= 15 is 0 Å². The highest BCUT2D eigenvalue weighted by Gasteiger charge is 2.04. The van der Waals surface area contributed by atoms with Gasteiger partial charge in [0.1, 0.15) is 23.0 Å². The molecule has 0 aromatic heterocycles. The highest BCUT2D eigenvalue weighted by molar-refractivity contribution is 5.98. The van der Waals surface area contributed by atoms with Gasteiger partial charge >= 0.3 is 0 Å². The number of benzene rings is 4. The van der Waals surface area contributed by atoms with Gasteiger partial charge in [0.15, 0.2) is 23.3 Å². The molecule has 4 aromatic rings. The molecule has 0 aliphatic heterocycles. The molecule has 0 atom stereocenters. The lowest BCUT2D eigenvalue weighted by molar-refractivity contribution is 0.266. The van der Waals surface area contributed by atoms with Crippen molar-refractivity contribution in [1.29, 1.82) is 0 Å². The van der Waals surface area contributed by atoms with E-state index in [2.05, 4.69) is 20.6 Å². The first-order valence-electron chi connectivity index (χ1n) is 16.6. The molecule has 12 N–H and O–H groups in total. The van der Waals surface area contributed by atoms with Gasteiger partial charge in [0.25, 0.3) is 0 Å². The number of nitrogens with two attached hydrogens (primary N) is 4. The van der Waals surface area contributed by atoms with Crippen molar-refractivity contribution in [1.82, 2.24) is 0 Å². The van der Waals surface area contributed by atoms with E-state index in [1.807, 2.05) is 0 Å². The fraction of sp³-hybridized carbons (Fsp3) is 0.243. The van der Waals surface area contributed by atoms with Crippen molar-refractivity contribution in [3.05, 3.63) is 119 Å². The van der Waals surface area contributed by atoms with Crippen LogP contribution in [0, 0.1) is 0 Å². The number of unbranched alkanes of at least 4 members (excludes halogenated alkanes) is 3. The Morgan fingerprint density at radius 1 is 0.340 bits per heavy atom. The fourth-order valence-electron chi connectivity index (χ4n) is 4.46. The molecule has 0 radical (unpaired) electrons. The fourth-order valence-corrected chi connectivity index (χ4v) is 4.46. The number of nitrogens with zero attached hydrogens (tertiary/aromatic N) is 4. The van der Waals surface area contributed by atoms with Gasteiger partial charge in [-0.1, -0.05) is 20.6 Å². The summed E-state index contributed by atoms with van der Waals surface area (Å²) in [4.78, 5) is 0. The number of ether oxygens (including phenoxy) is 4. The highest BCUT2D eigenvalue weighted by Crippen LogP contribution is 2.16. The molecule has 0 amide bonds. The van der Waals surface area contributed by atoms with Crippen LogP contribution in [0.5, 0.6) is 23.0 Å². The Hall–Kier alpha value is -6.84. The van der Waals surface area contributed by atoms with Gasteiger partial charge in [0, 0.05) is 22.3 Å². The minimum absolute atomic E-state index is 0.0630. The largest absolute Gasteiger partial charge is 0.494 e. The van der Waals surface area contributed by atoms with Crippen molar-refractivity contribution in [3.63, 3.8) is 0 Å². The van der Waals surface area contributed by atoms with E-state index in [9.17, 15) is 0 Å². The molecule has 0 saturated heterocycles. The summed E-state index contributed by atoms with van der Waals surface area (Å²) in [6, 6.07) is 28.1. The molecule has 4 aromatic carbocycles. The monoisotopic (exact) mass is 730 g/mol. The Balaban J connectivity index is 0.000000286. The number of rotatable bonds is 19. The van der Waals surface area contributed by atoms with Gasteiger partial charge in [-0.3, -0.25) is 0 Å². The molecular formula is C37H46N8O8. The van der Waals surface area contributed by atoms with E-state index in [1.165, 1.54) is 0 Å². The Morgan fingerprint density at radius 2 is 0.528 bits per heavy atom. The normalized spacial score (nSPS) is 12.0. The lowest BCUT2D eigenvalue weighted by Crippen LogP contribution is -2.12. The van der Waals surface area contributed by atoms with E-state index in [0.717, 1.165) is 55.1 Å². The average Bonchev–Trinajstić information content (AvgIpc) is 3.21. The molecule has 0 aliphatic carbocycles. The van der Waals surface area contributed by atoms with Crippen LogP contribution in [0.4, 0.5) is 0 Å². The second-order valence-electron chi connectivity index (χ2n) is 11.2. The van der Waals surface area contributed by atoms with Gasteiger partial charge in [-0.05, 0) is 129 Å². The maximum Gasteiger partial charge on any atom is 0.170 e. The van der Waals surface area contributed by atoms with Crippen molar-refractivity contribution in [2.24, 2.45) is 43.6 Å². The number of hydrogen-bond donors (Lipinski definition) is 8. The standard InChI is InChI=1S/C19H24N4O4.C18H22N4O4/c20-18(22-24)14-4-8-16(9-5-14)26-12-2-1-3-13-27-17-10-6-15(7-11-17)19(21)23-25;19-17(21-23)13-3-7-15(8-4-13)25-11-1-2-12-26-16-9-5-14(6-10-16)18(20)22-24/h4-11,24-25H,1-3,12-13H2,(H2,20,22)(H2,21,23);3-10,23-24H,1-2,11-12H2,(H2,19,21)(H2,20,22). The van der Waals surface area contributed by atoms with Crippen molar-refractivity contribution >= 4 is 23.3 Å². The quantitative estimate of drug-likeness (QED) is 0.0216. The predicted molar refractivity (Wildman–Crippen MR) is 201 cm³/mol. The first-order chi connectivity index (χ1) is 25.8. The van der Waals surface area contributed by atoms with Crippen LogP contribution in [-0.4, -0.2) is 70.6 Å². The van der Waals surface area contributed by atoms with Crippen molar-refractivity contribution in [2.45, 2.75) is 32.1 Å². The Labute approximate surface area is 307 Å². The summed E-state index contributed by atoms with van der Waals surface area (Å²) in [6.07, 6.45) is 4.47. The minimum atomic E-state index is 0.0630. The van der Waals surface area contributed by atoms with Gasteiger partial charge in [0.2, 0.25) is 0 Å². The number of amidine groups is 4. The third-order valence-corrected chi connectivity index (χ3v) is 7.43. The van der Waals surface area contributed by atoms with E-state index < -0.39 is 0 Å². The van der Waals surface area contributed by atoms with Crippen molar-refractivity contribution in [3.8, 4) is 23.0 Å². The van der Waals surface area contributed by atoms with Crippen LogP contribution >= 0.6 is 0 Å². The van der Waals surface area contributed by atoms with Gasteiger partial charge in [-0.15, -0.1) is 0 Å². The summed E-state index contributed by atoms with van der Waals surface area (Å²) in [5.41, 5.74) is 24.6. The predicted octanol–water partition coefficient (Wildman–Crippen LogP) is 4.62. The Morgan fingerprint density at radius 3 is 0.717 bits per heavy atom. The Bertz CT molecular complexity index is 1630. The number of oxime groups is 4. The molecule has 0 fully saturated rings. The first-order valence-corrected chi connectivity index (χ1v) is 16.6. The maximum absolute atomic E-state index is 8.62. The van der Waals surface area contributed by atoms with E-state index in [4.69, 9.17) is 62.7 Å². The molecule has 4 rings (SSSR count). The second-order valence-corrected chi connectivity index (χ2v) is 11.2. The summed E-state index contributed by atoms with van der Waals surface area (Å²) in [5.74, 6) is 3.19. The SMILES string of the molecule is NC(=NO)c1ccc(OCCCCCOc2ccc(C(N)=NO)cc2)cc1.NC(=NO)c1ccc(OCCCCOc2ccc(C(N)=NO)cc2)cc1. The lowest BCUT2D eigenvalue weighted by atomic mass is 10.2. The molecule has 0 heterocycles. The van der Waals surface area contributed by atoms with Gasteiger partial charge in [-0.25, -0.2) is 0 Å². The highest BCUT2D eigenvalue weighted by atomic mass is 16.5. The summed E-state index contributed by atoms with van der Waals surface area (Å²) < 4.78 is 22.6. The molecule has 16 heteroatoms. The van der Waals surface area contributed by atoms with Crippen LogP contribution in [0.1, 0.15) is 54.4 Å². The van der Waals surface area contributed by atoms with Crippen LogP contribution < -0.4 is 41.9 Å². The molecule has 0 saturated carbocycles. The summed E-state index contributed by atoms with van der Waals surface area (Å²) in [5, 5.41) is 46.3. The van der Waals surface area contributed by atoms with Crippen LogP contribution in [0.3, 0.4) is 0 Å². The third kappa shape index (κ3) is 14.5.